The predicted octanol–water partition coefficient (Wildman–Crippen LogP) is 2.69. The number of alkyl halides is 1. The van der Waals surface area contributed by atoms with Crippen LogP contribution in [0.4, 0.5) is 0 Å². The van der Waals surface area contributed by atoms with Crippen molar-refractivity contribution < 1.29 is 8.42 Å². The molecule has 0 spiro atoms. The van der Waals surface area contributed by atoms with Crippen LogP contribution in [0.25, 0.3) is 0 Å². The summed E-state index contributed by atoms with van der Waals surface area (Å²) in [4.78, 5) is 0.368. The second-order valence-corrected chi connectivity index (χ2v) is 7.79. The van der Waals surface area contributed by atoms with E-state index < -0.39 is 10.0 Å². The fourth-order valence-corrected chi connectivity index (χ4v) is 5.47. The van der Waals surface area contributed by atoms with Crippen LogP contribution < -0.4 is 0 Å². The van der Waals surface area contributed by atoms with E-state index in [4.69, 9.17) is 11.6 Å². The molecule has 1 aliphatic heterocycles. The Hall–Kier alpha value is -0.590. The molecule has 21 heavy (non-hydrogen) atoms. The van der Waals surface area contributed by atoms with Gasteiger partial charge in [0.05, 0.1) is 17.9 Å². The number of hydrogen-bond acceptors (Lipinski definition) is 3. The lowest BCUT2D eigenvalue weighted by Gasteiger charge is -2.34. The number of halogens is 1. The molecule has 0 amide bonds. The summed E-state index contributed by atoms with van der Waals surface area (Å²) in [7, 11) is -3.48. The molecule has 0 radical (unpaired) electrons. The quantitative estimate of drug-likeness (QED) is 0.778. The van der Waals surface area contributed by atoms with Gasteiger partial charge in [0, 0.05) is 18.5 Å². The lowest BCUT2D eigenvalue weighted by molar-refractivity contribution is 0.246. The molecule has 0 bridgehead atoms. The van der Waals surface area contributed by atoms with Gasteiger partial charge in [-0.2, -0.15) is 9.40 Å². The lowest BCUT2D eigenvalue weighted by atomic mass is 10.0. The van der Waals surface area contributed by atoms with Gasteiger partial charge in [0.1, 0.15) is 4.90 Å². The molecular weight excluding hydrogens is 310 g/mol. The van der Waals surface area contributed by atoms with Crippen LogP contribution in [-0.2, 0) is 16.6 Å². The van der Waals surface area contributed by atoms with Crippen molar-refractivity contribution in [3.05, 3.63) is 11.4 Å². The van der Waals surface area contributed by atoms with Crippen molar-refractivity contribution >= 4 is 21.6 Å². The van der Waals surface area contributed by atoms with Gasteiger partial charge in [-0.15, -0.1) is 11.6 Å². The third-order valence-corrected chi connectivity index (χ3v) is 6.60. The molecule has 2 heterocycles. The number of piperidine rings is 1. The molecule has 1 aromatic heterocycles. The van der Waals surface area contributed by atoms with E-state index >= 15 is 0 Å². The summed E-state index contributed by atoms with van der Waals surface area (Å²) in [6, 6.07) is 0.110. The fraction of sp³-hybridized carbons (Fsp3) is 0.786. The van der Waals surface area contributed by atoms with E-state index in [2.05, 4.69) is 12.0 Å². The molecule has 0 aliphatic carbocycles. The summed E-state index contributed by atoms with van der Waals surface area (Å²) in [6.45, 7) is 6.76. The molecule has 1 fully saturated rings. The van der Waals surface area contributed by atoms with Gasteiger partial charge in [-0.05, 0) is 33.1 Å². The minimum absolute atomic E-state index is 0.110. The molecule has 0 saturated carbocycles. The van der Waals surface area contributed by atoms with Crippen molar-refractivity contribution in [3.63, 3.8) is 0 Å². The molecule has 0 N–H and O–H groups in total. The first-order chi connectivity index (χ1) is 9.93. The molecule has 1 saturated heterocycles. The second-order valence-electron chi connectivity index (χ2n) is 5.59. The SMILES string of the molecule is CCC1CCCCN1S(=O)(=O)c1c(C)nn(CCCl)c1C. The summed E-state index contributed by atoms with van der Waals surface area (Å²) >= 11 is 5.76. The molecule has 0 aromatic carbocycles. The van der Waals surface area contributed by atoms with Crippen molar-refractivity contribution in [2.24, 2.45) is 0 Å². The number of sulfonamides is 1. The van der Waals surface area contributed by atoms with Gasteiger partial charge >= 0.3 is 0 Å². The Kier molecular flexibility index (Phi) is 5.33. The van der Waals surface area contributed by atoms with Gasteiger partial charge in [0.15, 0.2) is 0 Å². The van der Waals surface area contributed by atoms with E-state index in [1.54, 1.807) is 15.9 Å². The third kappa shape index (κ3) is 3.12. The molecule has 1 unspecified atom stereocenters. The van der Waals surface area contributed by atoms with Crippen molar-refractivity contribution in [1.82, 2.24) is 14.1 Å². The second kappa shape index (κ2) is 6.67. The van der Waals surface area contributed by atoms with Crippen LogP contribution in [0, 0.1) is 13.8 Å². The van der Waals surface area contributed by atoms with Crippen LogP contribution in [-0.4, -0.2) is 41.0 Å². The van der Waals surface area contributed by atoms with E-state index in [1.165, 1.54) is 0 Å². The maximum atomic E-state index is 13.1. The Labute approximate surface area is 132 Å². The molecule has 2 rings (SSSR count). The van der Waals surface area contributed by atoms with E-state index in [1.807, 2.05) is 6.92 Å². The zero-order chi connectivity index (χ0) is 15.6. The van der Waals surface area contributed by atoms with Crippen molar-refractivity contribution in [2.75, 3.05) is 12.4 Å². The number of aryl methyl sites for hydroxylation is 2. The molecule has 1 aliphatic rings. The Morgan fingerprint density at radius 2 is 2.05 bits per heavy atom. The summed E-state index contributed by atoms with van der Waals surface area (Å²) in [5, 5.41) is 4.34. The van der Waals surface area contributed by atoms with Crippen LogP contribution in [0.1, 0.15) is 44.0 Å². The largest absolute Gasteiger partial charge is 0.267 e. The first-order valence-electron chi connectivity index (χ1n) is 7.55. The number of hydrogen-bond donors (Lipinski definition) is 0. The van der Waals surface area contributed by atoms with Gasteiger partial charge in [-0.25, -0.2) is 8.42 Å². The standard InChI is InChI=1S/C14H24ClN3O2S/c1-4-13-7-5-6-9-18(13)21(19,20)14-11(2)16-17(10-8-15)12(14)3/h13H,4-10H2,1-3H3. The zero-order valence-corrected chi connectivity index (χ0v) is 14.5. The Bertz CT molecular complexity index is 598. The Morgan fingerprint density at radius 3 is 2.67 bits per heavy atom. The molecule has 1 atom stereocenters. The van der Waals surface area contributed by atoms with Gasteiger partial charge in [0.25, 0.3) is 0 Å². The van der Waals surface area contributed by atoms with Gasteiger partial charge in [0.2, 0.25) is 10.0 Å². The summed E-state index contributed by atoms with van der Waals surface area (Å²) in [5.74, 6) is 0.419. The number of aromatic nitrogens is 2. The normalized spacial score (nSPS) is 20.9. The Morgan fingerprint density at radius 1 is 1.33 bits per heavy atom. The van der Waals surface area contributed by atoms with Crippen molar-refractivity contribution in [1.29, 1.82) is 0 Å². The number of nitrogens with zero attached hydrogens (tertiary/aromatic N) is 3. The summed E-state index contributed by atoms with van der Waals surface area (Å²) < 4.78 is 29.5. The Balaban J connectivity index is 2.43. The highest BCUT2D eigenvalue weighted by molar-refractivity contribution is 7.89. The number of rotatable bonds is 5. The highest BCUT2D eigenvalue weighted by atomic mass is 35.5. The van der Waals surface area contributed by atoms with Crippen molar-refractivity contribution in [3.8, 4) is 0 Å². The smallest absolute Gasteiger partial charge is 0.246 e. The van der Waals surface area contributed by atoms with Crippen LogP contribution in [0.2, 0.25) is 0 Å². The van der Waals surface area contributed by atoms with Crippen LogP contribution in [0.15, 0.2) is 4.90 Å². The van der Waals surface area contributed by atoms with E-state index in [-0.39, 0.29) is 6.04 Å². The van der Waals surface area contributed by atoms with Gasteiger partial charge < -0.3 is 0 Å². The van der Waals surface area contributed by atoms with Gasteiger partial charge in [-0.3, -0.25) is 4.68 Å². The topological polar surface area (TPSA) is 55.2 Å². The molecular formula is C14H24ClN3O2S. The summed E-state index contributed by atoms with van der Waals surface area (Å²) in [6.07, 6.45) is 3.84. The predicted molar refractivity (Wildman–Crippen MR) is 84.2 cm³/mol. The van der Waals surface area contributed by atoms with Crippen LogP contribution in [0.5, 0.6) is 0 Å². The fourth-order valence-electron chi connectivity index (χ4n) is 3.17. The minimum Gasteiger partial charge on any atom is -0.267 e. The van der Waals surface area contributed by atoms with E-state index in [9.17, 15) is 8.42 Å². The summed E-state index contributed by atoms with van der Waals surface area (Å²) in [5.41, 5.74) is 1.26. The molecule has 120 valence electrons. The first kappa shape index (κ1) is 16.8. The van der Waals surface area contributed by atoms with Gasteiger partial charge in [-0.1, -0.05) is 13.3 Å². The van der Waals surface area contributed by atoms with E-state index in [0.717, 1.165) is 25.7 Å². The maximum absolute atomic E-state index is 13.1. The van der Waals surface area contributed by atoms with E-state index in [0.29, 0.717) is 35.3 Å². The van der Waals surface area contributed by atoms with Crippen LogP contribution in [0.3, 0.4) is 0 Å². The average Bonchev–Trinajstić information content (AvgIpc) is 2.74. The molecule has 5 nitrogen and oxygen atoms in total. The monoisotopic (exact) mass is 333 g/mol. The zero-order valence-electron chi connectivity index (χ0n) is 13.0. The third-order valence-electron chi connectivity index (χ3n) is 4.22. The molecule has 7 heteroatoms. The molecule has 1 aromatic rings. The van der Waals surface area contributed by atoms with Crippen molar-refractivity contribution in [2.45, 2.75) is 63.9 Å². The highest BCUT2D eigenvalue weighted by Gasteiger charge is 2.36. The highest BCUT2D eigenvalue weighted by Crippen LogP contribution is 2.30. The first-order valence-corrected chi connectivity index (χ1v) is 9.52. The minimum atomic E-state index is -3.48. The van der Waals surface area contributed by atoms with Crippen LogP contribution >= 0.6 is 11.6 Å². The lowest BCUT2D eigenvalue weighted by Crippen LogP contribution is -2.43. The maximum Gasteiger partial charge on any atom is 0.246 e. The average molecular weight is 334 g/mol.